The van der Waals surface area contributed by atoms with Crippen LogP contribution in [0.25, 0.3) is 0 Å². The van der Waals surface area contributed by atoms with Crippen molar-refractivity contribution in [3.63, 3.8) is 0 Å². The Morgan fingerprint density at radius 2 is 2.00 bits per heavy atom. The van der Waals surface area contributed by atoms with Gasteiger partial charge in [-0.15, -0.1) is 0 Å². The van der Waals surface area contributed by atoms with Crippen LogP contribution < -0.4 is 11.1 Å². The molecule has 0 aliphatic rings. The Bertz CT molecular complexity index is 414. The number of para-hydroxylation sites is 1. The summed E-state index contributed by atoms with van der Waals surface area (Å²) >= 11 is 0. The first kappa shape index (κ1) is 13.6. The Balaban J connectivity index is 2.99. The van der Waals surface area contributed by atoms with Crippen molar-refractivity contribution in [2.75, 3.05) is 5.32 Å². The number of benzene rings is 1. The topological polar surface area (TPSA) is 50.4 Å². The monoisotopic (exact) mass is 233 g/mol. The van der Waals surface area contributed by atoms with Gasteiger partial charge in [-0.25, -0.2) is 4.99 Å². The second-order valence-electron chi connectivity index (χ2n) is 5.26. The van der Waals surface area contributed by atoms with Crippen molar-refractivity contribution in [2.24, 2.45) is 10.7 Å². The number of aryl methyl sites for hydroxylation is 2. The third-order valence-electron chi connectivity index (χ3n) is 2.45. The molecular weight excluding hydrogens is 210 g/mol. The summed E-state index contributed by atoms with van der Waals surface area (Å²) in [6.07, 6.45) is 0.979. The highest BCUT2D eigenvalue weighted by Gasteiger charge is 2.10. The summed E-state index contributed by atoms with van der Waals surface area (Å²) in [5, 5.41) is 3.21. The lowest BCUT2D eigenvalue weighted by Crippen LogP contribution is -2.28. The number of rotatable bonds is 2. The summed E-state index contributed by atoms with van der Waals surface area (Å²) in [6.45, 7) is 10.3. The van der Waals surface area contributed by atoms with Crippen molar-refractivity contribution < 1.29 is 0 Å². The largest absolute Gasteiger partial charge is 0.370 e. The van der Waals surface area contributed by atoms with Crippen molar-refractivity contribution in [2.45, 2.75) is 46.6 Å². The average Bonchev–Trinajstić information content (AvgIpc) is 2.18. The zero-order valence-corrected chi connectivity index (χ0v) is 11.5. The Kier molecular flexibility index (Phi) is 4.16. The molecule has 0 spiro atoms. The third-order valence-corrected chi connectivity index (χ3v) is 2.45. The fraction of sp³-hybridized carbons (Fsp3) is 0.500. The van der Waals surface area contributed by atoms with Gasteiger partial charge in [-0.05, 0) is 45.2 Å². The first-order chi connectivity index (χ1) is 7.83. The molecule has 0 aromatic heterocycles. The molecule has 0 unspecified atom stereocenters. The normalized spacial score (nSPS) is 12.6. The lowest BCUT2D eigenvalue weighted by molar-refractivity contribution is 0.583. The lowest BCUT2D eigenvalue weighted by Gasteiger charge is -2.17. The molecule has 0 aliphatic carbocycles. The van der Waals surface area contributed by atoms with Crippen LogP contribution in [0.15, 0.2) is 23.2 Å². The highest BCUT2D eigenvalue weighted by atomic mass is 15.1. The second-order valence-corrected chi connectivity index (χ2v) is 5.26. The summed E-state index contributed by atoms with van der Waals surface area (Å²) in [5.41, 5.74) is 9.30. The fourth-order valence-electron chi connectivity index (χ4n) is 1.72. The lowest BCUT2D eigenvalue weighted by atomic mass is 10.1. The van der Waals surface area contributed by atoms with Gasteiger partial charge < -0.3 is 11.1 Å². The molecule has 1 aromatic rings. The van der Waals surface area contributed by atoms with E-state index in [4.69, 9.17) is 5.73 Å². The molecule has 0 heterocycles. The standard InChI is InChI=1S/C14H23N3/c1-6-11-9-7-8-10(2)12(11)16-13(15)17-14(3,4)5/h7-9H,6H2,1-5H3,(H3,15,16,17). The summed E-state index contributed by atoms with van der Waals surface area (Å²) < 4.78 is 0. The van der Waals surface area contributed by atoms with E-state index in [0.29, 0.717) is 5.96 Å². The molecule has 0 bridgehead atoms. The number of nitrogens with two attached hydrogens (primary N) is 1. The summed E-state index contributed by atoms with van der Waals surface area (Å²) in [4.78, 5) is 4.40. The van der Waals surface area contributed by atoms with Crippen LogP contribution in [0.4, 0.5) is 5.69 Å². The van der Waals surface area contributed by atoms with E-state index in [0.717, 1.165) is 12.1 Å². The Labute approximate surface area is 104 Å². The third kappa shape index (κ3) is 4.10. The predicted molar refractivity (Wildman–Crippen MR) is 75.6 cm³/mol. The Morgan fingerprint density at radius 3 is 2.53 bits per heavy atom. The SMILES string of the molecule is CCc1cccc(C)c1NC(N)=NC(C)(C)C. The molecule has 0 atom stereocenters. The molecule has 0 fully saturated rings. The molecule has 94 valence electrons. The minimum absolute atomic E-state index is 0.161. The summed E-state index contributed by atoms with van der Waals surface area (Å²) in [5.74, 6) is 0.474. The molecule has 1 rings (SSSR count). The predicted octanol–water partition coefficient (Wildman–Crippen LogP) is 3.08. The van der Waals surface area contributed by atoms with Crippen molar-refractivity contribution >= 4 is 11.6 Å². The van der Waals surface area contributed by atoms with Crippen LogP contribution in [0.5, 0.6) is 0 Å². The van der Waals surface area contributed by atoms with E-state index in [9.17, 15) is 0 Å². The number of nitrogens with zero attached hydrogens (tertiary/aromatic N) is 1. The Hall–Kier alpha value is -1.51. The first-order valence-electron chi connectivity index (χ1n) is 6.04. The molecule has 3 heteroatoms. The average molecular weight is 233 g/mol. The van der Waals surface area contributed by atoms with Crippen molar-refractivity contribution in [3.05, 3.63) is 29.3 Å². The molecule has 0 radical (unpaired) electrons. The van der Waals surface area contributed by atoms with Gasteiger partial charge in [-0.1, -0.05) is 25.1 Å². The molecular formula is C14H23N3. The molecule has 0 amide bonds. The van der Waals surface area contributed by atoms with E-state index in [1.54, 1.807) is 0 Å². The summed E-state index contributed by atoms with van der Waals surface area (Å²) in [6, 6.07) is 6.25. The number of aliphatic imine (C=N–C) groups is 1. The van der Waals surface area contributed by atoms with Gasteiger partial charge in [-0.3, -0.25) is 0 Å². The maximum absolute atomic E-state index is 5.92. The molecule has 0 aliphatic heterocycles. The van der Waals surface area contributed by atoms with Gasteiger partial charge in [0, 0.05) is 5.69 Å². The van der Waals surface area contributed by atoms with Crippen molar-refractivity contribution in [1.29, 1.82) is 0 Å². The van der Waals surface area contributed by atoms with Crippen molar-refractivity contribution in [1.82, 2.24) is 0 Å². The van der Waals surface area contributed by atoms with E-state index >= 15 is 0 Å². The van der Waals surface area contributed by atoms with E-state index in [1.165, 1.54) is 11.1 Å². The van der Waals surface area contributed by atoms with E-state index in [-0.39, 0.29) is 5.54 Å². The number of hydrogen-bond acceptors (Lipinski definition) is 1. The maximum Gasteiger partial charge on any atom is 0.193 e. The number of anilines is 1. The molecule has 3 nitrogen and oxygen atoms in total. The molecule has 0 saturated heterocycles. The summed E-state index contributed by atoms with van der Waals surface area (Å²) in [7, 11) is 0. The number of hydrogen-bond donors (Lipinski definition) is 2. The number of nitrogens with one attached hydrogen (secondary N) is 1. The Morgan fingerprint density at radius 1 is 1.35 bits per heavy atom. The van der Waals surface area contributed by atoms with Crippen LogP contribution in [0, 0.1) is 6.92 Å². The van der Waals surface area contributed by atoms with Gasteiger partial charge in [0.25, 0.3) is 0 Å². The van der Waals surface area contributed by atoms with E-state index in [2.05, 4.69) is 42.4 Å². The van der Waals surface area contributed by atoms with Crippen LogP contribution >= 0.6 is 0 Å². The minimum atomic E-state index is -0.161. The first-order valence-corrected chi connectivity index (χ1v) is 6.04. The van der Waals surface area contributed by atoms with Gasteiger partial charge >= 0.3 is 0 Å². The van der Waals surface area contributed by atoms with E-state index < -0.39 is 0 Å². The molecule has 17 heavy (non-hydrogen) atoms. The zero-order chi connectivity index (χ0) is 13.1. The van der Waals surface area contributed by atoms with Crippen molar-refractivity contribution in [3.8, 4) is 0 Å². The zero-order valence-electron chi connectivity index (χ0n) is 11.5. The van der Waals surface area contributed by atoms with Gasteiger partial charge in [0.1, 0.15) is 0 Å². The second kappa shape index (κ2) is 5.21. The van der Waals surface area contributed by atoms with E-state index in [1.807, 2.05) is 20.8 Å². The van der Waals surface area contributed by atoms with Crippen LogP contribution in [0.1, 0.15) is 38.8 Å². The molecule has 3 N–H and O–H groups in total. The highest BCUT2D eigenvalue weighted by molar-refractivity contribution is 5.94. The molecule has 1 aromatic carbocycles. The van der Waals surface area contributed by atoms with Crippen LogP contribution in [-0.2, 0) is 6.42 Å². The van der Waals surface area contributed by atoms with Crippen LogP contribution in [-0.4, -0.2) is 11.5 Å². The highest BCUT2D eigenvalue weighted by Crippen LogP contribution is 2.21. The van der Waals surface area contributed by atoms with Crippen LogP contribution in [0.3, 0.4) is 0 Å². The van der Waals surface area contributed by atoms with Gasteiger partial charge in [0.05, 0.1) is 5.54 Å². The fourth-order valence-corrected chi connectivity index (χ4v) is 1.72. The smallest absolute Gasteiger partial charge is 0.193 e. The van der Waals surface area contributed by atoms with Gasteiger partial charge in [0.15, 0.2) is 5.96 Å². The van der Waals surface area contributed by atoms with Gasteiger partial charge in [0.2, 0.25) is 0 Å². The number of guanidine groups is 1. The quantitative estimate of drug-likeness (QED) is 0.609. The minimum Gasteiger partial charge on any atom is -0.370 e. The maximum atomic E-state index is 5.92. The van der Waals surface area contributed by atoms with Gasteiger partial charge in [-0.2, -0.15) is 0 Å². The molecule has 0 saturated carbocycles. The van der Waals surface area contributed by atoms with Crippen LogP contribution in [0.2, 0.25) is 0 Å².